The molecule has 2 N–H and O–H groups in total. The average molecular weight is 231 g/mol. The molecule has 0 spiro atoms. The van der Waals surface area contributed by atoms with Crippen LogP contribution >= 0.6 is 0 Å². The third-order valence-corrected chi connectivity index (χ3v) is 2.24. The molecular formula is C13H29NO2. The van der Waals surface area contributed by atoms with Crippen molar-refractivity contribution in [2.24, 2.45) is 11.1 Å². The molecule has 0 heterocycles. The summed E-state index contributed by atoms with van der Waals surface area (Å²) in [4.78, 5) is 8.95. The zero-order chi connectivity index (χ0) is 12.9. The fraction of sp³-hybridized carbons (Fsp3) is 0.923. The van der Waals surface area contributed by atoms with Gasteiger partial charge in [0.05, 0.1) is 7.11 Å². The monoisotopic (exact) mass is 231 g/mol. The lowest BCUT2D eigenvalue weighted by Crippen LogP contribution is -2.12. The van der Waals surface area contributed by atoms with Crippen LogP contribution in [0.1, 0.15) is 59.3 Å². The Bertz CT molecular complexity index is 130. The Morgan fingerprint density at radius 1 is 1.12 bits per heavy atom. The van der Waals surface area contributed by atoms with Gasteiger partial charge in [0, 0.05) is 0 Å². The van der Waals surface area contributed by atoms with E-state index in [0.717, 1.165) is 13.0 Å². The van der Waals surface area contributed by atoms with Gasteiger partial charge in [-0.15, -0.1) is 0 Å². The molecule has 98 valence electrons. The van der Waals surface area contributed by atoms with Crippen LogP contribution in [0.4, 0.5) is 0 Å². The number of hydrogen-bond donors (Lipinski definition) is 1. The maximum atomic E-state index is 8.95. The standard InChI is InChI=1S/C6H15N.C5H10.C2H4O2/c1-6(2,3)4-5-7;1-2-4-5-3-1;1-4-2-3/h4-5,7H2,1-3H3;1-5H2;2H,1H3. The van der Waals surface area contributed by atoms with E-state index in [1.54, 1.807) is 0 Å². The van der Waals surface area contributed by atoms with Gasteiger partial charge in [0.2, 0.25) is 0 Å². The van der Waals surface area contributed by atoms with E-state index in [1.807, 2.05) is 0 Å². The van der Waals surface area contributed by atoms with Crippen molar-refractivity contribution in [3.8, 4) is 0 Å². The van der Waals surface area contributed by atoms with Crippen LogP contribution in [0.2, 0.25) is 0 Å². The fourth-order valence-corrected chi connectivity index (χ4v) is 1.32. The molecule has 3 nitrogen and oxygen atoms in total. The van der Waals surface area contributed by atoms with Gasteiger partial charge in [0.1, 0.15) is 0 Å². The third-order valence-electron chi connectivity index (χ3n) is 2.24. The number of carbonyl (C=O) groups is 1. The Hall–Kier alpha value is -0.570. The molecular weight excluding hydrogens is 202 g/mol. The predicted octanol–water partition coefficient (Wildman–Crippen LogP) is 3.12. The van der Waals surface area contributed by atoms with E-state index >= 15 is 0 Å². The molecule has 0 atom stereocenters. The molecule has 0 aliphatic heterocycles. The highest BCUT2D eigenvalue weighted by Crippen LogP contribution is 2.16. The molecule has 1 rings (SSSR count). The van der Waals surface area contributed by atoms with E-state index in [9.17, 15) is 0 Å². The third kappa shape index (κ3) is 23.3. The number of methoxy groups -OCH3 is 1. The van der Waals surface area contributed by atoms with Crippen LogP contribution in [-0.2, 0) is 9.53 Å². The lowest BCUT2D eigenvalue weighted by atomic mass is 9.93. The van der Waals surface area contributed by atoms with Gasteiger partial charge >= 0.3 is 0 Å². The number of carbonyl (C=O) groups excluding carboxylic acids is 1. The molecule has 0 bridgehead atoms. The van der Waals surface area contributed by atoms with Crippen molar-refractivity contribution in [2.45, 2.75) is 59.3 Å². The summed E-state index contributed by atoms with van der Waals surface area (Å²) in [5, 5.41) is 0. The fourth-order valence-electron chi connectivity index (χ4n) is 1.32. The first-order chi connectivity index (χ1) is 7.47. The van der Waals surface area contributed by atoms with Crippen molar-refractivity contribution in [1.29, 1.82) is 0 Å². The minimum Gasteiger partial charge on any atom is -0.471 e. The molecule has 0 aromatic rings. The van der Waals surface area contributed by atoms with Gasteiger partial charge in [-0.25, -0.2) is 0 Å². The lowest BCUT2D eigenvalue weighted by molar-refractivity contribution is -0.126. The van der Waals surface area contributed by atoms with Crippen molar-refractivity contribution < 1.29 is 9.53 Å². The van der Waals surface area contributed by atoms with Gasteiger partial charge in [-0.2, -0.15) is 0 Å². The first kappa shape index (κ1) is 17.8. The molecule has 1 aliphatic rings. The predicted molar refractivity (Wildman–Crippen MR) is 69.3 cm³/mol. The molecule has 1 saturated carbocycles. The summed E-state index contributed by atoms with van der Waals surface area (Å²) in [5.41, 5.74) is 5.74. The Kier molecular flexibility index (Phi) is 13.9. The quantitative estimate of drug-likeness (QED) is 0.743. The minimum atomic E-state index is 0.375. The first-order valence-corrected chi connectivity index (χ1v) is 6.14. The van der Waals surface area contributed by atoms with E-state index in [-0.39, 0.29) is 0 Å². The maximum absolute atomic E-state index is 8.95. The second-order valence-electron chi connectivity index (χ2n) is 5.20. The second-order valence-corrected chi connectivity index (χ2v) is 5.20. The van der Waals surface area contributed by atoms with Gasteiger partial charge in [0.15, 0.2) is 0 Å². The maximum Gasteiger partial charge on any atom is 0.292 e. The number of nitrogens with two attached hydrogens (primary N) is 1. The summed E-state index contributed by atoms with van der Waals surface area (Å²) in [7, 11) is 1.31. The van der Waals surface area contributed by atoms with Crippen LogP contribution in [0.15, 0.2) is 0 Å². The molecule has 0 unspecified atom stereocenters. The van der Waals surface area contributed by atoms with Crippen molar-refractivity contribution in [3.05, 3.63) is 0 Å². The Morgan fingerprint density at radius 3 is 1.50 bits per heavy atom. The molecule has 0 radical (unpaired) electrons. The molecule has 0 aromatic carbocycles. The van der Waals surface area contributed by atoms with Gasteiger partial charge in [-0.05, 0) is 18.4 Å². The Morgan fingerprint density at radius 2 is 1.44 bits per heavy atom. The molecule has 0 amide bonds. The minimum absolute atomic E-state index is 0.375. The van der Waals surface area contributed by atoms with Crippen molar-refractivity contribution >= 4 is 6.47 Å². The summed E-state index contributed by atoms with van der Waals surface area (Å²) >= 11 is 0. The Balaban J connectivity index is 0. The smallest absolute Gasteiger partial charge is 0.292 e. The van der Waals surface area contributed by atoms with Crippen LogP contribution in [0.5, 0.6) is 0 Å². The van der Waals surface area contributed by atoms with Gasteiger partial charge < -0.3 is 10.5 Å². The topological polar surface area (TPSA) is 52.3 Å². The highest BCUT2D eigenvalue weighted by molar-refractivity contribution is 5.36. The highest BCUT2D eigenvalue weighted by Gasteiger charge is 2.06. The summed E-state index contributed by atoms with van der Waals surface area (Å²) in [6.07, 6.45) is 8.62. The number of rotatable bonds is 2. The molecule has 1 aliphatic carbocycles. The zero-order valence-electron chi connectivity index (χ0n) is 11.4. The van der Waals surface area contributed by atoms with Crippen LogP contribution in [-0.4, -0.2) is 20.1 Å². The average Bonchev–Trinajstić information content (AvgIpc) is 2.74. The zero-order valence-corrected chi connectivity index (χ0v) is 11.4. The summed E-state index contributed by atoms with van der Waals surface area (Å²) < 4.78 is 3.86. The SMILES string of the molecule is C1CCCC1.CC(C)(C)CCN.COC=O. The summed E-state index contributed by atoms with van der Waals surface area (Å²) in [6, 6.07) is 0. The molecule has 0 aromatic heterocycles. The van der Waals surface area contributed by atoms with E-state index in [4.69, 9.17) is 10.5 Å². The van der Waals surface area contributed by atoms with Gasteiger partial charge in [0.25, 0.3) is 6.47 Å². The van der Waals surface area contributed by atoms with E-state index in [2.05, 4.69) is 25.5 Å². The van der Waals surface area contributed by atoms with E-state index in [1.165, 1.54) is 39.2 Å². The summed E-state index contributed by atoms with van der Waals surface area (Å²) in [6.45, 7) is 7.77. The van der Waals surface area contributed by atoms with E-state index in [0.29, 0.717) is 11.9 Å². The molecule has 1 fully saturated rings. The van der Waals surface area contributed by atoms with Crippen LogP contribution in [0.25, 0.3) is 0 Å². The van der Waals surface area contributed by atoms with Gasteiger partial charge in [-0.3, -0.25) is 4.79 Å². The van der Waals surface area contributed by atoms with Crippen molar-refractivity contribution in [1.82, 2.24) is 0 Å². The van der Waals surface area contributed by atoms with Gasteiger partial charge in [-0.1, -0.05) is 52.9 Å². The largest absolute Gasteiger partial charge is 0.471 e. The van der Waals surface area contributed by atoms with Crippen LogP contribution in [0.3, 0.4) is 0 Å². The number of hydrogen-bond acceptors (Lipinski definition) is 3. The Labute approximate surface area is 101 Å². The number of ether oxygens (including phenoxy) is 1. The highest BCUT2D eigenvalue weighted by atomic mass is 16.5. The van der Waals surface area contributed by atoms with Crippen molar-refractivity contribution in [3.63, 3.8) is 0 Å². The molecule has 0 saturated heterocycles. The summed E-state index contributed by atoms with van der Waals surface area (Å²) in [5.74, 6) is 0. The second kappa shape index (κ2) is 12.5. The van der Waals surface area contributed by atoms with Crippen molar-refractivity contribution in [2.75, 3.05) is 13.7 Å². The lowest BCUT2D eigenvalue weighted by Gasteiger charge is -2.15. The van der Waals surface area contributed by atoms with Crippen LogP contribution < -0.4 is 5.73 Å². The van der Waals surface area contributed by atoms with E-state index < -0.39 is 0 Å². The normalized spacial score (nSPS) is 14.1. The molecule has 3 heteroatoms. The first-order valence-electron chi connectivity index (χ1n) is 6.14. The molecule has 16 heavy (non-hydrogen) atoms. The van der Waals surface area contributed by atoms with Crippen LogP contribution in [0, 0.1) is 5.41 Å².